The van der Waals surface area contributed by atoms with Gasteiger partial charge >= 0.3 is 12.0 Å². The molecule has 1 aliphatic carbocycles. The first-order chi connectivity index (χ1) is 25.3. The van der Waals surface area contributed by atoms with Crippen LogP contribution >= 0.6 is 22.9 Å². The van der Waals surface area contributed by atoms with Crippen molar-refractivity contribution in [2.45, 2.75) is 62.2 Å². The van der Waals surface area contributed by atoms with Gasteiger partial charge in [0.1, 0.15) is 47.7 Å². The van der Waals surface area contributed by atoms with Crippen molar-refractivity contribution in [1.29, 1.82) is 5.26 Å². The number of anilines is 1. The maximum absolute atomic E-state index is 17.4. The lowest BCUT2D eigenvalue weighted by Gasteiger charge is -2.39. The highest BCUT2D eigenvalue weighted by molar-refractivity contribution is 7.23. The number of carboxylic acid groups (broad SMARTS) is 1. The molecule has 1 amide bonds. The number of ether oxygens (including phenoxy) is 2. The van der Waals surface area contributed by atoms with Crippen molar-refractivity contribution in [2.24, 2.45) is 4.99 Å². The monoisotopic (exact) mass is 784 g/mol. The second-order valence-corrected chi connectivity index (χ2v) is 15.0. The predicted molar refractivity (Wildman–Crippen MR) is 178 cm³/mol. The van der Waals surface area contributed by atoms with Crippen molar-refractivity contribution in [2.75, 3.05) is 38.2 Å². The Bertz CT molecular complexity index is 2260. The number of nitrogens with zero attached hydrogens (tertiary/aromatic N) is 5. The lowest BCUT2D eigenvalue weighted by atomic mass is 9.95. The first-order valence-corrected chi connectivity index (χ1v) is 17.8. The minimum atomic E-state index is -3.03. The largest absolute Gasteiger partial charge is 0.465 e. The van der Waals surface area contributed by atoms with Crippen molar-refractivity contribution < 1.29 is 50.1 Å². The summed E-state index contributed by atoms with van der Waals surface area (Å²) in [7, 11) is 0. The Morgan fingerprint density at radius 2 is 2.02 bits per heavy atom. The average molecular weight is 785 g/mol. The maximum Gasteiger partial charge on any atom is 0.409 e. The van der Waals surface area contributed by atoms with Crippen molar-refractivity contribution in [3.8, 4) is 22.9 Å². The number of halogens is 8. The quantitative estimate of drug-likeness (QED) is 0.235. The van der Waals surface area contributed by atoms with Gasteiger partial charge in [0, 0.05) is 23.9 Å². The fraction of sp³-hybridized carbons (Fsp3) is 0.441. The van der Waals surface area contributed by atoms with E-state index in [9.17, 15) is 37.1 Å². The van der Waals surface area contributed by atoms with Crippen LogP contribution in [0.2, 0.25) is 5.02 Å². The summed E-state index contributed by atoms with van der Waals surface area (Å²) >= 11 is 7.50. The third-order valence-corrected chi connectivity index (χ3v) is 12.1. The van der Waals surface area contributed by atoms with Crippen LogP contribution in [0.1, 0.15) is 37.7 Å². The van der Waals surface area contributed by atoms with E-state index in [0.717, 1.165) is 34.6 Å². The van der Waals surface area contributed by atoms with Gasteiger partial charge in [-0.15, -0.1) is 11.3 Å². The molecule has 2 aromatic carbocycles. The van der Waals surface area contributed by atoms with Crippen LogP contribution in [0.4, 0.5) is 40.5 Å². The summed E-state index contributed by atoms with van der Waals surface area (Å²) in [4.78, 5) is 20.0. The van der Waals surface area contributed by atoms with E-state index in [1.165, 1.54) is 0 Å². The molecule has 3 aromatic rings. The molecule has 1 aromatic heterocycles. The van der Waals surface area contributed by atoms with Gasteiger partial charge in [0.05, 0.1) is 44.1 Å². The van der Waals surface area contributed by atoms with Gasteiger partial charge in [0.2, 0.25) is 0 Å². The molecule has 0 spiro atoms. The number of carbonyl (C=O) groups is 1. The molecule has 0 radical (unpaired) electrons. The first kappa shape index (κ1) is 35.6. The number of nitriles is 1. The van der Waals surface area contributed by atoms with Gasteiger partial charge in [0.25, 0.3) is 12.9 Å². The highest BCUT2D eigenvalue weighted by atomic mass is 35.5. The molecule has 0 bridgehead atoms. The maximum atomic E-state index is 17.4. The number of nitrogens with one attached hydrogen (secondary N) is 1. The predicted octanol–water partition coefficient (Wildman–Crippen LogP) is 6.57. The van der Waals surface area contributed by atoms with Crippen molar-refractivity contribution in [3.05, 3.63) is 57.1 Å². The number of hydrogen-bond donors (Lipinski definition) is 2. The molecule has 0 unspecified atom stereocenters. The van der Waals surface area contributed by atoms with E-state index in [0.29, 0.717) is 24.3 Å². The van der Waals surface area contributed by atoms with E-state index in [1.54, 1.807) is 0 Å². The van der Waals surface area contributed by atoms with E-state index < -0.39 is 83.3 Å². The zero-order chi connectivity index (χ0) is 37.6. The van der Waals surface area contributed by atoms with Crippen LogP contribution in [-0.4, -0.2) is 88.9 Å². The number of amides is 1. The van der Waals surface area contributed by atoms with Gasteiger partial charge in [0.15, 0.2) is 11.6 Å². The van der Waals surface area contributed by atoms with E-state index >= 15 is 8.78 Å². The third kappa shape index (κ3) is 5.61. The van der Waals surface area contributed by atoms with Gasteiger partial charge in [-0.3, -0.25) is 15.2 Å². The number of thiophene rings is 1. The van der Waals surface area contributed by atoms with E-state index in [1.807, 2.05) is 16.3 Å². The topological polar surface area (TPSA) is 114 Å². The van der Waals surface area contributed by atoms with Crippen LogP contribution in [-0.2, 0) is 4.74 Å². The van der Waals surface area contributed by atoms with Crippen molar-refractivity contribution in [1.82, 2.24) is 14.7 Å². The van der Waals surface area contributed by atoms with Crippen LogP contribution in [0, 0.1) is 23.0 Å². The second kappa shape index (κ2) is 12.8. The Hall–Kier alpha value is -4.47. The Kier molecular flexibility index (Phi) is 8.61. The minimum absolute atomic E-state index is 0.0167. The Labute approximate surface area is 304 Å². The zero-order valence-corrected chi connectivity index (χ0v) is 28.9. The molecule has 2 N–H and O–H groups in total. The van der Waals surface area contributed by atoms with Crippen LogP contribution in [0.15, 0.2) is 29.3 Å². The Balaban J connectivity index is 1.37. The van der Waals surface area contributed by atoms with E-state index in [4.69, 9.17) is 21.1 Å². The number of benzene rings is 2. The van der Waals surface area contributed by atoms with Gasteiger partial charge in [-0.2, -0.15) is 5.26 Å². The smallest absolute Gasteiger partial charge is 0.409 e. The summed E-state index contributed by atoms with van der Waals surface area (Å²) in [6.07, 6.45) is -6.19. The molecule has 280 valence electrons. The van der Waals surface area contributed by atoms with Gasteiger partial charge in [-0.05, 0) is 43.9 Å². The van der Waals surface area contributed by atoms with Crippen LogP contribution < -0.4 is 20.6 Å². The number of alkyl halides is 5. The second-order valence-electron chi connectivity index (χ2n) is 13.6. The van der Waals surface area contributed by atoms with E-state index in [2.05, 4.69) is 4.99 Å². The minimum Gasteiger partial charge on any atom is -0.465 e. The molecule has 2 saturated heterocycles. The highest BCUT2D eigenvalue weighted by Gasteiger charge is 2.58. The number of hydrogen-bond acceptors (Lipinski definition) is 9. The van der Waals surface area contributed by atoms with Crippen LogP contribution in [0.5, 0.6) is 5.75 Å². The first-order valence-electron chi connectivity index (χ1n) is 16.6. The third-order valence-electron chi connectivity index (χ3n) is 10.6. The molecular weight excluding hydrogens is 757 g/mol. The summed E-state index contributed by atoms with van der Waals surface area (Å²) in [5.41, 5.74) is -3.52. The summed E-state index contributed by atoms with van der Waals surface area (Å²) in [6, 6.07) is 3.93. The van der Waals surface area contributed by atoms with Crippen molar-refractivity contribution in [3.63, 3.8) is 0 Å². The number of rotatable bonds is 9. The highest BCUT2D eigenvalue weighted by Crippen LogP contribution is 2.51. The molecular formula is C34H28ClF7N6O4S. The molecule has 4 aliphatic heterocycles. The lowest BCUT2D eigenvalue weighted by Crippen LogP contribution is -2.53. The zero-order valence-electron chi connectivity index (χ0n) is 27.4. The number of fused-ring (bicyclic) bond motifs is 2. The fourth-order valence-electron chi connectivity index (χ4n) is 8.07. The summed E-state index contributed by atoms with van der Waals surface area (Å²) in [5.74, 6) is -3.54. The fourth-order valence-corrected chi connectivity index (χ4v) is 9.48. The van der Waals surface area contributed by atoms with Gasteiger partial charge < -0.3 is 24.4 Å². The average Bonchev–Trinajstić information content (AvgIpc) is 3.63. The lowest BCUT2D eigenvalue weighted by molar-refractivity contribution is 0.0202. The molecule has 1 saturated carbocycles. The van der Waals surface area contributed by atoms with Gasteiger partial charge in [-0.1, -0.05) is 17.7 Å². The normalized spacial score (nSPS) is 23.0. The van der Waals surface area contributed by atoms with Crippen LogP contribution in [0.3, 0.4) is 0 Å². The van der Waals surface area contributed by atoms with Crippen molar-refractivity contribution >= 4 is 49.9 Å². The van der Waals surface area contributed by atoms with Gasteiger partial charge in [-0.25, -0.2) is 35.5 Å². The standard InChI is InChI=1S/C34H28ClF7N6O4S/c35-24-22(16-2-3-18(37)28-21(16)17(9-43)29(53-28)45-32(49)50)25(40)27-23-26(24)44-14-48(34(5-6-34)31(41)42)30(23)46(11-19(38)39)12-20(52-27)51-13-33-4-1-7-47(33)10-15(36)8-33/h2-3,12,15,19,31,45H,1,4-8,10-11,13-14H2,(H,49,50)/t15-,33+/m1/s1. The molecule has 8 rings (SSSR count). The molecule has 5 aliphatic rings. The molecule has 3 fully saturated rings. The molecule has 10 nitrogen and oxygen atoms in total. The molecule has 5 heterocycles. The molecule has 2 atom stereocenters. The molecule has 19 heteroatoms. The Morgan fingerprint density at radius 3 is 2.70 bits per heavy atom. The van der Waals surface area contributed by atoms with Crippen LogP contribution in [0.25, 0.3) is 27.0 Å². The Morgan fingerprint density at radius 1 is 1.25 bits per heavy atom. The summed E-state index contributed by atoms with van der Waals surface area (Å²) in [5, 5.41) is 20.1. The summed E-state index contributed by atoms with van der Waals surface area (Å²) in [6.45, 7) is -0.921. The SMILES string of the molecule is N#Cc1c(NC(=O)O)sc2c(F)ccc(-c3c(F)c4c5c(c3Cl)=NCN(C3(C(F)F)CC3)C=5N(CC(F)F)C=C(OC[C@@]35CCCN3C[C@H](F)C5)O4)c12. The summed E-state index contributed by atoms with van der Waals surface area (Å²) < 4.78 is 117. The molecule has 53 heavy (non-hydrogen) atoms. The van der Waals surface area contributed by atoms with E-state index in [-0.39, 0.29) is 75.0 Å².